The van der Waals surface area contributed by atoms with Gasteiger partial charge in [0, 0.05) is 6.54 Å². The van der Waals surface area contributed by atoms with Crippen LogP contribution in [0, 0.1) is 0 Å². The Kier molecular flexibility index (Phi) is 8.17. The van der Waals surface area contributed by atoms with E-state index in [1.165, 1.54) is 0 Å². The van der Waals surface area contributed by atoms with Crippen molar-refractivity contribution < 1.29 is 24.0 Å². The molecule has 0 saturated heterocycles. The zero-order chi connectivity index (χ0) is 23.1. The number of carbonyl (C=O) groups excluding carboxylic acids is 2. The van der Waals surface area contributed by atoms with Crippen LogP contribution < -0.4 is 9.97 Å². The number of tetrazole rings is 1. The van der Waals surface area contributed by atoms with Crippen molar-refractivity contribution in [2.45, 2.75) is 45.1 Å². The molecule has 0 bridgehead atoms. The molecule has 0 radical (unpaired) electrons. The van der Waals surface area contributed by atoms with Crippen LogP contribution in [0.3, 0.4) is 0 Å². The summed E-state index contributed by atoms with van der Waals surface area (Å²) in [5, 5.41) is 24.7. The van der Waals surface area contributed by atoms with E-state index in [4.69, 9.17) is 9.39 Å². The molecule has 11 nitrogen and oxygen atoms in total. The van der Waals surface area contributed by atoms with Crippen LogP contribution in [0.25, 0.3) is 0 Å². The Hall–Kier alpha value is -2.99. The van der Waals surface area contributed by atoms with E-state index in [0.717, 1.165) is 19.4 Å². The topological polar surface area (TPSA) is 132 Å². The molecule has 0 fully saturated rings. The van der Waals surface area contributed by atoms with E-state index in [2.05, 4.69) is 20.8 Å². The minimum Gasteiger partial charge on any atom is -0.534 e. The lowest BCUT2D eigenvalue weighted by atomic mass is 9.72. The molecule has 1 amide bonds. The summed E-state index contributed by atoms with van der Waals surface area (Å²) in [5.41, 5.74) is 0.976. The fourth-order valence-corrected chi connectivity index (χ4v) is 3.32. The Morgan fingerprint density at radius 2 is 2.22 bits per heavy atom. The molecule has 1 aromatic heterocycles. The molecule has 32 heavy (non-hydrogen) atoms. The van der Waals surface area contributed by atoms with Gasteiger partial charge in [0.2, 0.25) is 5.91 Å². The quantitative estimate of drug-likeness (QED) is 0.292. The standard InChI is InChI=1S/C20H29BN6O5/c1-4-5-11-31-20(29)15-8-6-7-14-12-16(21(30)32-19(14)15)22-18(28)13-17-23-24-25-27(17)10-9-26(2)3/h6-8,16,30H,4-5,9-13H2,1-3H3,(H,22,28)/t16-/m0/s1. The largest absolute Gasteiger partial charge is 0.547 e. The van der Waals surface area contributed by atoms with Crippen molar-refractivity contribution in [3.63, 3.8) is 0 Å². The number of nitrogens with one attached hydrogen (secondary N) is 1. The second kappa shape index (κ2) is 11.0. The molecule has 0 aliphatic carbocycles. The molecule has 2 aromatic rings. The average molecular weight is 444 g/mol. The normalized spacial score (nSPS) is 15.3. The van der Waals surface area contributed by atoms with E-state index in [0.29, 0.717) is 36.7 Å². The van der Waals surface area contributed by atoms with Crippen molar-refractivity contribution in [1.29, 1.82) is 0 Å². The maximum Gasteiger partial charge on any atom is 0.547 e. The third-order valence-corrected chi connectivity index (χ3v) is 5.10. The lowest BCUT2D eigenvalue weighted by Crippen LogP contribution is -2.53. The van der Waals surface area contributed by atoms with Crippen LogP contribution in [-0.2, 0) is 28.9 Å². The van der Waals surface area contributed by atoms with Crippen LogP contribution in [0.4, 0.5) is 0 Å². The Morgan fingerprint density at radius 3 is 2.97 bits per heavy atom. The number of unbranched alkanes of at least 4 members (excludes halogenated alkanes) is 1. The number of likely N-dealkylation sites (N-methyl/N-ethyl adjacent to an activating group) is 1. The van der Waals surface area contributed by atoms with Gasteiger partial charge in [-0.1, -0.05) is 25.5 Å². The summed E-state index contributed by atoms with van der Waals surface area (Å²) in [5.74, 6) is -0.771. The van der Waals surface area contributed by atoms with Crippen molar-refractivity contribution in [2.24, 2.45) is 0 Å². The van der Waals surface area contributed by atoms with E-state index in [1.54, 1.807) is 22.9 Å². The molecule has 172 valence electrons. The van der Waals surface area contributed by atoms with E-state index >= 15 is 0 Å². The Bertz CT molecular complexity index is 937. The summed E-state index contributed by atoms with van der Waals surface area (Å²) < 4.78 is 12.5. The molecule has 1 atom stereocenters. The van der Waals surface area contributed by atoms with Gasteiger partial charge in [-0.3, -0.25) is 4.79 Å². The number of fused-ring (bicyclic) bond motifs is 1. The van der Waals surface area contributed by atoms with Crippen molar-refractivity contribution in [3.05, 3.63) is 35.2 Å². The van der Waals surface area contributed by atoms with Gasteiger partial charge < -0.3 is 24.6 Å². The zero-order valence-electron chi connectivity index (χ0n) is 18.7. The molecule has 0 unspecified atom stereocenters. The van der Waals surface area contributed by atoms with E-state index in [9.17, 15) is 14.6 Å². The predicted octanol–water partition coefficient (Wildman–Crippen LogP) is -0.126. The molecule has 12 heteroatoms. The highest BCUT2D eigenvalue weighted by Crippen LogP contribution is 2.30. The first-order valence-electron chi connectivity index (χ1n) is 10.7. The van der Waals surface area contributed by atoms with E-state index < -0.39 is 19.0 Å². The minimum atomic E-state index is -1.30. The number of para-hydroxylation sites is 1. The molecule has 3 rings (SSSR count). The first kappa shape index (κ1) is 23.7. The van der Waals surface area contributed by atoms with Gasteiger partial charge in [0.05, 0.1) is 25.5 Å². The smallest absolute Gasteiger partial charge is 0.534 e. The number of aromatic nitrogens is 4. The number of hydrogen-bond donors (Lipinski definition) is 2. The summed E-state index contributed by atoms with van der Waals surface area (Å²) in [6.07, 6.45) is 1.97. The highest BCUT2D eigenvalue weighted by molar-refractivity contribution is 6.47. The lowest BCUT2D eigenvalue weighted by molar-refractivity contribution is -0.121. The molecular formula is C20H29BN6O5. The van der Waals surface area contributed by atoms with Crippen LogP contribution in [0.2, 0.25) is 0 Å². The van der Waals surface area contributed by atoms with Gasteiger partial charge in [0.1, 0.15) is 11.3 Å². The van der Waals surface area contributed by atoms with Gasteiger partial charge in [-0.2, -0.15) is 0 Å². The van der Waals surface area contributed by atoms with Gasteiger partial charge in [-0.05, 0) is 49.0 Å². The highest BCUT2D eigenvalue weighted by Gasteiger charge is 2.38. The molecular weight excluding hydrogens is 415 g/mol. The van der Waals surface area contributed by atoms with Gasteiger partial charge in [-0.15, -0.1) is 5.10 Å². The number of carbonyl (C=O) groups is 2. The molecule has 2 N–H and O–H groups in total. The number of ether oxygens (including phenoxy) is 1. The molecule has 0 spiro atoms. The second-order valence-corrected chi connectivity index (χ2v) is 7.97. The van der Waals surface area contributed by atoms with Crippen LogP contribution >= 0.6 is 0 Å². The van der Waals surface area contributed by atoms with Crippen LogP contribution in [0.15, 0.2) is 18.2 Å². The fraction of sp³-hybridized carbons (Fsp3) is 0.550. The van der Waals surface area contributed by atoms with Gasteiger partial charge in [0.15, 0.2) is 5.82 Å². The SMILES string of the molecule is CCCCOC(=O)c1cccc2c1OB(O)[C@@H](NC(=O)Cc1nnnn1CCN(C)C)C2. The van der Waals surface area contributed by atoms with Crippen molar-refractivity contribution in [2.75, 3.05) is 27.2 Å². The molecule has 1 aliphatic rings. The lowest BCUT2D eigenvalue weighted by Gasteiger charge is -2.29. The molecule has 2 heterocycles. The maximum absolute atomic E-state index is 12.6. The second-order valence-electron chi connectivity index (χ2n) is 7.97. The third kappa shape index (κ3) is 6.04. The summed E-state index contributed by atoms with van der Waals surface area (Å²) in [6.45, 7) is 3.63. The Labute approximate surface area is 187 Å². The average Bonchev–Trinajstić information content (AvgIpc) is 3.19. The summed E-state index contributed by atoms with van der Waals surface area (Å²) in [7, 11) is 2.57. The predicted molar refractivity (Wildman–Crippen MR) is 116 cm³/mol. The number of nitrogens with zero attached hydrogens (tertiary/aromatic N) is 5. The Morgan fingerprint density at radius 1 is 1.41 bits per heavy atom. The number of hydrogen-bond acceptors (Lipinski definition) is 9. The highest BCUT2D eigenvalue weighted by atomic mass is 16.5. The first-order valence-corrected chi connectivity index (χ1v) is 10.7. The summed E-state index contributed by atoms with van der Waals surface area (Å²) >= 11 is 0. The van der Waals surface area contributed by atoms with Crippen LogP contribution in [0.1, 0.15) is 41.5 Å². The molecule has 0 saturated carbocycles. The molecule has 1 aromatic carbocycles. The third-order valence-electron chi connectivity index (χ3n) is 5.10. The van der Waals surface area contributed by atoms with Crippen LogP contribution in [0.5, 0.6) is 5.75 Å². The number of rotatable bonds is 10. The van der Waals surface area contributed by atoms with Crippen molar-refractivity contribution in [3.8, 4) is 5.75 Å². The number of amides is 1. The van der Waals surface area contributed by atoms with Gasteiger partial charge >= 0.3 is 13.1 Å². The zero-order valence-corrected chi connectivity index (χ0v) is 18.7. The van der Waals surface area contributed by atoms with Crippen LogP contribution in [-0.4, -0.2) is 82.3 Å². The number of benzene rings is 1. The number of esters is 1. The maximum atomic E-state index is 12.6. The minimum absolute atomic E-state index is 0.0275. The van der Waals surface area contributed by atoms with E-state index in [-0.39, 0.29) is 17.9 Å². The fourth-order valence-electron chi connectivity index (χ4n) is 3.32. The van der Waals surface area contributed by atoms with Gasteiger partial charge in [-0.25, -0.2) is 9.48 Å². The summed E-state index contributed by atoms with van der Waals surface area (Å²) in [4.78, 5) is 27.0. The summed E-state index contributed by atoms with van der Waals surface area (Å²) in [6, 6.07) is 5.13. The van der Waals surface area contributed by atoms with E-state index in [1.807, 2.05) is 25.9 Å². The van der Waals surface area contributed by atoms with Crippen molar-refractivity contribution >= 4 is 19.0 Å². The van der Waals surface area contributed by atoms with Gasteiger partial charge in [0.25, 0.3) is 0 Å². The van der Waals surface area contributed by atoms with Crippen molar-refractivity contribution in [1.82, 2.24) is 30.4 Å². The first-order chi connectivity index (χ1) is 15.4. The Balaban J connectivity index is 1.63. The molecule has 1 aliphatic heterocycles. The monoisotopic (exact) mass is 444 g/mol.